The van der Waals surface area contributed by atoms with Crippen molar-refractivity contribution < 1.29 is 5.11 Å². The summed E-state index contributed by atoms with van der Waals surface area (Å²) in [6.07, 6.45) is 3.38. The minimum Gasteiger partial charge on any atom is -0.390 e. The highest BCUT2D eigenvalue weighted by atomic mass is 32.1. The van der Waals surface area contributed by atoms with E-state index in [1.165, 1.54) is 11.5 Å². The molecular formula is C6H7N5OS. The molecule has 0 saturated heterocycles. The maximum Gasteiger partial charge on any atom is 0.108 e. The van der Waals surface area contributed by atoms with Gasteiger partial charge in [0, 0.05) is 0 Å². The molecule has 0 aliphatic carbocycles. The number of aliphatic hydroxyl groups is 1. The van der Waals surface area contributed by atoms with Crippen LogP contribution in [0.25, 0.3) is 0 Å². The summed E-state index contributed by atoms with van der Waals surface area (Å²) in [5, 5.41) is 20.0. The van der Waals surface area contributed by atoms with Crippen LogP contribution in [-0.2, 0) is 13.2 Å². The van der Waals surface area contributed by atoms with Crippen LogP contribution in [0.2, 0.25) is 0 Å². The van der Waals surface area contributed by atoms with Crippen LogP contribution in [0.15, 0.2) is 12.4 Å². The lowest BCUT2D eigenvalue weighted by atomic mass is 10.5. The highest BCUT2D eigenvalue weighted by molar-refractivity contribution is 7.05. The van der Waals surface area contributed by atoms with Crippen LogP contribution in [0.5, 0.6) is 0 Å². The lowest BCUT2D eigenvalue weighted by Crippen LogP contribution is -1.98. The van der Waals surface area contributed by atoms with E-state index in [0.29, 0.717) is 12.2 Å². The first-order valence-electron chi connectivity index (χ1n) is 3.64. The van der Waals surface area contributed by atoms with E-state index in [4.69, 9.17) is 5.11 Å². The van der Waals surface area contributed by atoms with Crippen LogP contribution in [0.1, 0.15) is 10.6 Å². The van der Waals surface area contributed by atoms with Gasteiger partial charge in [-0.2, -0.15) is 0 Å². The van der Waals surface area contributed by atoms with Crippen LogP contribution in [-0.4, -0.2) is 29.7 Å². The third kappa shape index (κ3) is 1.87. The fraction of sp³-hybridized carbons (Fsp3) is 0.333. The van der Waals surface area contributed by atoms with Crippen molar-refractivity contribution in [1.29, 1.82) is 0 Å². The Morgan fingerprint density at radius 2 is 2.46 bits per heavy atom. The quantitative estimate of drug-likeness (QED) is 0.729. The van der Waals surface area contributed by atoms with Crippen molar-refractivity contribution in [2.24, 2.45) is 0 Å². The zero-order valence-corrected chi connectivity index (χ0v) is 7.48. The standard InChI is InChI=1S/C6H7N5OS/c12-4-5-2-11(9-8-5)3-6-1-7-10-13-6/h1-2,12H,3-4H2. The normalized spacial score (nSPS) is 10.5. The number of aromatic nitrogens is 5. The number of hydrogen-bond donors (Lipinski definition) is 1. The van der Waals surface area contributed by atoms with Gasteiger partial charge in [-0.15, -0.1) is 10.2 Å². The summed E-state index contributed by atoms with van der Waals surface area (Å²) in [5.74, 6) is 0. The Morgan fingerprint density at radius 3 is 3.08 bits per heavy atom. The largest absolute Gasteiger partial charge is 0.390 e. The highest BCUT2D eigenvalue weighted by Gasteiger charge is 2.01. The van der Waals surface area contributed by atoms with Gasteiger partial charge in [-0.3, -0.25) is 0 Å². The molecule has 0 unspecified atom stereocenters. The molecule has 0 aliphatic heterocycles. The molecule has 0 bridgehead atoms. The highest BCUT2D eigenvalue weighted by Crippen LogP contribution is 2.04. The van der Waals surface area contributed by atoms with Gasteiger partial charge in [0.15, 0.2) is 0 Å². The molecule has 2 aromatic heterocycles. The minimum absolute atomic E-state index is 0.0824. The fourth-order valence-corrected chi connectivity index (χ4v) is 1.39. The van der Waals surface area contributed by atoms with Crippen LogP contribution in [0.4, 0.5) is 0 Å². The first kappa shape index (κ1) is 8.27. The predicted molar refractivity (Wildman–Crippen MR) is 45.0 cm³/mol. The molecular weight excluding hydrogens is 190 g/mol. The van der Waals surface area contributed by atoms with E-state index in [0.717, 1.165) is 4.88 Å². The average molecular weight is 197 g/mol. The van der Waals surface area contributed by atoms with Crippen LogP contribution in [0, 0.1) is 0 Å². The van der Waals surface area contributed by atoms with Crippen molar-refractivity contribution >= 4 is 11.5 Å². The molecule has 2 rings (SSSR count). The molecule has 2 aromatic rings. The number of rotatable bonds is 3. The maximum absolute atomic E-state index is 8.74. The van der Waals surface area contributed by atoms with E-state index in [1.807, 2.05) is 0 Å². The van der Waals surface area contributed by atoms with Crippen molar-refractivity contribution in [3.63, 3.8) is 0 Å². The molecule has 13 heavy (non-hydrogen) atoms. The van der Waals surface area contributed by atoms with E-state index in [9.17, 15) is 0 Å². The van der Waals surface area contributed by atoms with Crippen LogP contribution < -0.4 is 0 Å². The lowest BCUT2D eigenvalue weighted by molar-refractivity contribution is 0.276. The Balaban J connectivity index is 2.10. The monoisotopic (exact) mass is 197 g/mol. The average Bonchev–Trinajstić information content (AvgIpc) is 2.76. The second kappa shape index (κ2) is 3.58. The van der Waals surface area contributed by atoms with Crippen molar-refractivity contribution in [2.45, 2.75) is 13.2 Å². The number of hydrogen-bond acceptors (Lipinski definition) is 6. The van der Waals surface area contributed by atoms with Crippen molar-refractivity contribution in [3.8, 4) is 0 Å². The summed E-state index contributed by atoms with van der Waals surface area (Å²) >= 11 is 1.32. The zero-order valence-electron chi connectivity index (χ0n) is 6.66. The van der Waals surface area contributed by atoms with Crippen LogP contribution in [0.3, 0.4) is 0 Å². The lowest BCUT2D eigenvalue weighted by Gasteiger charge is -1.92. The molecule has 0 aromatic carbocycles. The summed E-state index contributed by atoms with van der Waals surface area (Å²) in [4.78, 5) is 1.01. The molecule has 0 aliphatic rings. The summed E-state index contributed by atoms with van der Waals surface area (Å²) in [6.45, 7) is 0.519. The second-order valence-electron chi connectivity index (χ2n) is 2.45. The van der Waals surface area contributed by atoms with Crippen molar-refractivity contribution in [3.05, 3.63) is 23.0 Å². The first-order valence-corrected chi connectivity index (χ1v) is 4.42. The Hall–Kier alpha value is -1.34. The summed E-state index contributed by atoms with van der Waals surface area (Å²) in [5.41, 5.74) is 0.567. The Kier molecular flexibility index (Phi) is 2.28. The van der Waals surface area contributed by atoms with Crippen LogP contribution >= 0.6 is 11.5 Å². The van der Waals surface area contributed by atoms with Gasteiger partial charge in [0.2, 0.25) is 0 Å². The molecule has 1 N–H and O–H groups in total. The Bertz CT molecular complexity index is 370. The Labute approximate surface area is 78.0 Å². The minimum atomic E-state index is -0.0824. The summed E-state index contributed by atoms with van der Waals surface area (Å²) in [7, 11) is 0. The first-order chi connectivity index (χ1) is 6.38. The molecule has 0 fully saturated rings. The van der Waals surface area contributed by atoms with Gasteiger partial charge in [-0.25, -0.2) is 4.68 Å². The van der Waals surface area contributed by atoms with Gasteiger partial charge in [0.25, 0.3) is 0 Å². The van der Waals surface area contributed by atoms with Gasteiger partial charge >= 0.3 is 0 Å². The number of nitrogens with zero attached hydrogens (tertiary/aromatic N) is 5. The predicted octanol–water partition coefficient (Wildman–Crippen LogP) is -0.330. The molecule has 0 amide bonds. The Morgan fingerprint density at radius 1 is 1.54 bits per heavy atom. The van der Waals surface area contributed by atoms with E-state index in [2.05, 4.69) is 19.9 Å². The zero-order chi connectivity index (χ0) is 9.10. The molecule has 68 valence electrons. The van der Waals surface area contributed by atoms with E-state index in [-0.39, 0.29) is 6.61 Å². The van der Waals surface area contributed by atoms with E-state index >= 15 is 0 Å². The molecule has 0 radical (unpaired) electrons. The molecule has 0 saturated carbocycles. The molecule has 2 heterocycles. The van der Waals surface area contributed by atoms with Gasteiger partial charge < -0.3 is 5.11 Å². The third-order valence-corrected chi connectivity index (χ3v) is 2.12. The summed E-state index contributed by atoms with van der Waals surface area (Å²) < 4.78 is 5.37. The molecule has 0 atom stereocenters. The fourth-order valence-electron chi connectivity index (χ4n) is 0.905. The van der Waals surface area contributed by atoms with E-state index < -0.39 is 0 Å². The molecule has 6 nitrogen and oxygen atoms in total. The van der Waals surface area contributed by atoms with Gasteiger partial charge in [-0.05, 0) is 11.5 Å². The molecule has 0 spiro atoms. The van der Waals surface area contributed by atoms with Gasteiger partial charge in [-0.1, -0.05) is 9.70 Å². The van der Waals surface area contributed by atoms with Gasteiger partial charge in [0.05, 0.1) is 30.4 Å². The van der Waals surface area contributed by atoms with Crippen molar-refractivity contribution in [2.75, 3.05) is 0 Å². The molecule has 7 heteroatoms. The number of aliphatic hydroxyl groups excluding tert-OH is 1. The van der Waals surface area contributed by atoms with E-state index in [1.54, 1.807) is 17.1 Å². The summed E-state index contributed by atoms with van der Waals surface area (Å²) in [6, 6.07) is 0. The SMILES string of the molecule is OCc1cn(Cc2cnns2)nn1. The second-order valence-corrected chi connectivity index (χ2v) is 3.32. The smallest absolute Gasteiger partial charge is 0.108 e. The topological polar surface area (TPSA) is 76.7 Å². The maximum atomic E-state index is 8.74. The van der Waals surface area contributed by atoms with Gasteiger partial charge in [0.1, 0.15) is 5.69 Å². The van der Waals surface area contributed by atoms with Crippen molar-refractivity contribution in [1.82, 2.24) is 24.6 Å². The third-order valence-electron chi connectivity index (χ3n) is 1.47.